The van der Waals surface area contributed by atoms with E-state index in [0.29, 0.717) is 47.3 Å². The third-order valence-corrected chi connectivity index (χ3v) is 15.4. The Labute approximate surface area is 277 Å². The molecule has 7 bridgehead atoms. The summed E-state index contributed by atoms with van der Waals surface area (Å²) in [6, 6.07) is 46.4. The third kappa shape index (κ3) is 3.10. The number of hydrogen-bond donors (Lipinski definition) is 0. The summed E-state index contributed by atoms with van der Waals surface area (Å²) < 4.78 is 12.8. The lowest BCUT2D eigenvalue weighted by atomic mass is 9.53. The Hall–Kier alpha value is -3.85. The van der Waals surface area contributed by atoms with Gasteiger partial charge in [0.2, 0.25) is 0 Å². The molecular formula is C44H42O3. The van der Waals surface area contributed by atoms with Crippen molar-refractivity contribution in [1.82, 2.24) is 0 Å². The van der Waals surface area contributed by atoms with E-state index in [1.165, 1.54) is 22.3 Å². The van der Waals surface area contributed by atoms with E-state index in [0.717, 1.165) is 38.5 Å². The average Bonchev–Trinajstić information content (AvgIpc) is 3.96. The molecule has 6 saturated carbocycles. The number of fused-ring (bicyclic) bond motifs is 2. The molecule has 47 heavy (non-hydrogen) atoms. The highest BCUT2D eigenvalue weighted by atomic mass is 16.7. The second-order valence-corrected chi connectivity index (χ2v) is 16.2. The predicted octanol–water partition coefficient (Wildman–Crippen LogP) is 9.20. The van der Waals surface area contributed by atoms with Crippen molar-refractivity contribution in [2.24, 2.45) is 52.8 Å². The topological polar surface area (TPSA) is 35.5 Å². The standard InChI is InChI=1S/C44H42O3/c45-41-46-35-23-21-31-37(35)33-25-42(27-13-5-1-6-14-27,28-15-7-2-8-16-28)39(31)44(33)34-26-43(29-17-9-3-10-18-29,30-19-11-4-12-20-30)40(44)32-22-24-36(47-41)38(32)34/h1-20,31-40H,21-26H2. The number of carbonyl (C=O) groups is 1. The molecule has 10 atom stereocenters. The highest BCUT2D eigenvalue weighted by molar-refractivity contribution is 5.61. The molecule has 6 aliphatic carbocycles. The maximum atomic E-state index is 13.5. The van der Waals surface area contributed by atoms with E-state index in [4.69, 9.17) is 9.47 Å². The summed E-state index contributed by atoms with van der Waals surface area (Å²) in [5.74, 6) is 3.79. The highest BCUT2D eigenvalue weighted by Crippen LogP contribution is 2.89. The highest BCUT2D eigenvalue weighted by Gasteiger charge is 2.87. The lowest BCUT2D eigenvalue weighted by molar-refractivity contribution is -0.0542. The molecule has 10 unspecified atom stereocenters. The van der Waals surface area contributed by atoms with Crippen molar-refractivity contribution in [1.29, 1.82) is 0 Å². The zero-order valence-corrected chi connectivity index (χ0v) is 26.8. The van der Waals surface area contributed by atoms with Crippen molar-refractivity contribution in [3.05, 3.63) is 144 Å². The van der Waals surface area contributed by atoms with Gasteiger partial charge in [-0.3, -0.25) is 0 Å². The van der Waals surface area contributed by atoms with Crippen LogP contribution in [0.1, 0.15) is 60.8 Å². The van der Waals surface area contributed by atoms with Crippen LogP contribution in [0.15, 0.2) is 121 Å². The van der Waals surface area contributed by atoms with Crippen molar-refractivity contribution < 1.29 is 14.3 Å². The van der Waals surface area contributed by atoms with Crippen molar-refractivity contribution >= 4 is 6.16 Å². The molecule has 236 valence electrons. The predicted molar refractivity (Wildman–Crippen MR) is 181 cm³/mol. The molecule has 7 fully saturated rings. The minimum Gasteiger partial charge on any atom is -0.431 e. The van der Waals surface area contributed by atoms with Gasteiger partial charge in [-0.25, -0.2) is 4.79 Å². The van der Waals surface area contributed by atoms with E-state index >= 15 is 0 Å². The van der Waals surface area contributed by atoms with Crippen molar-refractivity contribution in [2.45, 2.75) is 61.6 Å². The maximum absolute atomic E-state index is 13.5. The van der Waals surface area contributed by atoms with E-state index in [1.807, 2.05) is 0 Å². The van der Waals surface area contributed by atoms with Gasteiger partial charge in [0.15, 0.2) is 0 Å². The fourth-order valence-electron chi connectivity index (χ4n) is 14.9. The minimum atomic E-state index is -0.394. The fraction of sp³-hybridized carbons (Fsp3) is 0.432. The fourth-order valence-corrected chi connectivity index (χ4v) is 14.9. The Kier molecular flexibility index (Phi) is 5.43. The number of hydrogen-bond acceptors (Lipinski definition) is 3. The molecule has 3 nitrogen and oxygen atoms in total. The van der Waals surface area contributed by atoms with E-state index in [1.54, 1.807) is 0 Å². The SMILES string of the molecule is O=C1OC2CCC3C2C2CC(c4ccccc4)(c4ccccc4)C3C23C2CC(c4ccccc4)(c4ccccc4)C3C3CCC(O1)C32. The zero-order chi connectivity index (χ0) is 31.0. The normalized spacial score (nSPS) is 40.6. The first-order chi connectivity index (χ1) is 23.2. The van der Waals surface area contributed by atoms with Crippen molar-refractivity contribution in [3.63, 3.8) is 0 Å². The lowest BCUT2D eigenvalue weighted by Crippen LogP contribution is -2.47. The third-order valence-electron chi connectivity index (χ3n) is 15.4. The molecule has 1 heterocycles. The first-order valence-corrected chi connectivity index (χ1v) is 18.3. The van der Waals surface area contributed by atoms with Crippen LogP contribution in [0.3, 0.4) is 0 Å². The average molecular weight is 619 g/mol. The Morgan fingerprint density at radius 1 is 0.468 bits per heavy atom. The van der Waals surface area contributed by atoms with Gasteiger partial charge in [-0.2, -0.15) is 0 Å². The summed E-state index contributed by atoms with van der Waals surface area (Å²) in [4.78, 5) is 13.5. The van der Waals surface area contributed by atoms with Gasteiger partial charge in [-0.15, -0.1) is 0 Å². The molecule has 4 aromatic carbocycles. The smallest absolute Gasteiger partial charge is 0.431 e. The number of carbonyl (C=O) groups excluding carboxylic acids is 1. The summed E-state index contributed by atoms with van der Waals surface area (Å²) in [5, 5.41) is 0. The van der Waals surface area contributed by atoms with Crippen LogP contribution in [0.4, 0.5) is 4.79 Å². The van der Waals surface area contributed by atoms with Crippen LogP contribution in [-0.4, -0.2) is 18.4 Å². The van der Waals surface area contributed by atoms with Gasteiger partial charge in [0.1, 0.15) is 12.2 Å². The van der Waals surface area contributed by atoms with Crippen LogP contribution in [0.2, 0.25) is 0 Å². The molecule has 3 heteroatoms. The molecule has 0 amide bonds. The van der Waals surface area contributed by atoms with Crippen LogP contribution in [-0.2, 0) is 20.3 Å². The zero-order valence-electron chi connectivity index (χ0n) is 26.8. The van der Waals surface area contributed by atoms with E-state index in [9.17, 15) is 4.79 Å². The monoisotopic (exact) mass is 618 g/mol. The van der Waals surface area contributed by atoms with Crippen LogP contribution < -0.4 is 0 Å². The van der Waals surface area contributed by atoms with Crippen LogP contribution in [0.5, 0.6) is 0 Å². The van der Waals surface area contributed by atoms with Crippen molar-refractivity contribution in [2.75, 3.05) is 0 Å². The summed E-state index contributed by atoms with van der Waals surface area (Å²) in [5.41, 5.74) is 5.93. The molecule has 11 rings (SSSR count). The number of rotatable bonds is 4. The molecule has 1 aliphatic heterocycles. The summed E-state index contributed by atoms with van der Waals surface area (Å²) in [6.07, 6.45) is 5.99. The van der Waals surface area contributed by atoms with Gasteiger partial charge in [-0.05, 0) is 102 Å². The molecule has 1 spiro atoms. The molecule has 4 aromatic rings. The van der Waals surface area contributed by atoms with Crippen LogP contribution in [0.25, 0.3) is 0 Å². The van der Waals surface area contributed by atoms with E-state index in [-0.39, 0.29) is 28.5 Å². The number of benzene rings is 4. The molecule has 0 aromatic heterocycles. The minimum absolute atomic E-state index is 0.0400. The van der Waals surface area contributed by atoms with Crippen LogP contribution >= 0.6 is 0 Å². The van der Waals surface area contributed by atoms with Gasteiger partial charge < -0.3 is 9.47 Å². The van der Waals surface area contributed by atoms with Gasteiger partial charge in [0.05, 0.1) is 0 Å². The largest absolute Gasteiger partial charge is 0.508 e. The Balaban J connectivity index is 1.24. The lowest BCUT2D eigenvalue weighted by Gasteiger charge is -2.49. The Morgan fingerprint density at radius 3 is 1.15 bits per heavy atom. The second-order valence-electron chi connectivity index (χ2n) is 16.2. The molecule has 7 aliphatic rings. The molecular weight excluding hydrogens is 576 g/mol. The van der Waals surface area contributed by atoms with Crippen molar-refractivity contribution in [3.8, 4) is 0 Å². The summed E-state index contributed by atoms with van der Waals surface area (Å²) in [7, 11) is 0. The first kappa shape index (κ1) is 27.1. The molecule has 0 radical (unpaired) electrons. The maximum Gasteiger partial charge on any atom is 0.508 e. The van der Waals surface area contributed by atoms with Gasteiger partial charge in [-0.1, -0.05) is 121 Å². The van der Waals surface area contributed by atoms with Gasteiger partial charge in [0.25, 0.3) is 0 Å². The quantitative estimate of drug-likeness (QED) is 0.214. The Bertz CT molecular complexity index is 1620. The number of ether oxygens (including phenoxy) is 2. The van der Waals surface area contributed by atoms with E-state index < -0.39 is 6.16 Å². The Morgan fingerprint density at radius 2 is 0.809 bits per heavy atom. The molecule has 1 saturated heterocycles. The summed E-state index contributed by atoms with van der Waals surface area (Å²) >= 11 is 0. The van der Waals surface area contributed by atoms with E-state index in [2.05, 4.69) is 121 Å². The van der Waals surface area contributed by atoms with Crippen LogP contribution in [0, 0.1) is 52.8 Å². The summed E-state index contributed by atoms with van der Waals surface area (Å²) in [6.45, 7) is 0. The molecule has 0 N–H and O–H groups in total. The van der Waals surface area contributed by atoms with Gasteiger partial charge >= 0.3 is 6.16 Å². The first-order valence-electron chi connectivity index (χ1n) is 18.3. The second kappa shape index (κ2) is 9.40. The van der Waals surface area contributed by atoms with Gasteiger partial charge in [0, 0.05) is 22.7 Å².